The normalized spacial score (nSPS) is 10.1. The van der Waals surface area contributed by atoms with E-state index < -0.39 is 0 Å². The van der Waals surface area contributed by atoms with E-state index in [1.165, 1.54) is 0 Å². The Morgan fingerprint density at radius 1 is 1.38 bits per heavy atom. The second kappa shape index (κ2) is 6.45. The molecule has 0 saturated heterocycles. The smallest absolute Gasteiger partial charge is 0.132 e. The fourth-order valence-corrected chi connectivity index (χ4v) is 1.58. The van der Waals surface area contributed by atoms with E-state index in [9.17, 15) is 0 Å². The maximum absolute atomic E-state index is 5.68. The quantitative estimate of drug-likeness (QED) is 0.609. The van der Waals surface area contributed by atoms with Crippen LogP contribution in [0.1, 0.15) is 17.5 Å². The highest BCUT2D eigenvalue weighted by atomic mass is 32.1. The fourth-order valence-electron chi connectivity index (χ4n) is 1.42. The van der Waals surface area contributed by atoms with Crippen molar-refractivity contribution in [2.24, 2.45) is 5.73 Å². The van der Waals surface area contributed by atoms with Crippen LogP contribution < -0.4 is 10.5 Å². The van der Waals surface area contributed by atoms with Gasteiger partial charge in [0, 0.05) is 20.1 Å². The van der Waals surface area contributed by atoms with E-state index in [0.717, 1.165) is 23.3 Å². The van der Waals surface area contributed by atoms with Crippen LogP contribution in [0.15, 0.2) is 18.2 Å². The first-order valence-corrected chi connectivity index (χ1v) is 5.58. The van der Waals surface area contributed by atoms with Crippen molar-refractivity contribution in [3.05, 3.63) is 29.3 Å². The third-order valence-corrected chi connectivity index (χ3v) is 2.44. The standard InChI is InChI=1S/C12H17NO2S/c1-9-5-3-6-10(12(13)16)11(9)15-8-4-7-14-2/h3,5-6H,4,7-8H2,1-2H3,(H2,13,16). The number of methoxy groups -OCH3 is 1. The Bertz CT molecular complexity index is 366. The molecule has 1 aromatic carbocycles. The summed E-state index contributed by atoms with van der Waals surface area (Å²) in [6, 6.07) is 5.78. The summed E-state index contributed by atoms with van der Waals surface area (Å²) in [5, 5.41) is 0. The van der Waals surface area contributed by atoms with E-state index in [1.807, 2.05) is 25.1 Å². The molecule has 0 bridgehead atoms. The molecule has 88 valence electrons. The highest BCUT2D eigenvalue weighted by Crippen LogP contribution is 2.23. The van der Waals surface area contributed by atoms with Crippen molar-refractivity contribution >= 4 is 17.2 Å². The van der Waals surface area contributed by atoms with E-state index >= 15 is 0 Å². The lowest BCUT2D eigenvalue weighted by atomic mass is 10.1. The molecule has 0 radical (unpaired) electrons. The summed E-state index contributed by atoms with van der Waals surface area (Å²) in [7, 11) is 1.67. The zero-order chi connectivity index (χ0) is 12.0. The second-order valence-electron chi connectivity index (χ2n) is 3.51. The minimum absolute atomic E-state index is 0.366. The summed E-state index contributed by atoms with van der Waals surface area (Å²) < 4.78 is 10.6. The Morgan fingerprint density at radius 2 is 2.12 bits per heavy atom. The van der Waals surface area contributed by atoms with E-state index in [4.69, 9.17) is 27.4 Å². The molecule has 16 heavy (non-hydrogen) atoms. The van der Waals surface area contributed by atoms with Gasteiger partial charge in [-0.25, -0.2) is 0 Å². The zero-order valence-electron chi connectivity index (χ0n) is 9.66. The molecule has 0 unspecified atom stereocenters. The van der Waals surface area contributed by atoms with Crippen LogP contribution in [0, 0.1) is 6.92 Å². The van der Waals surface area contributed by atoms with Gasteiger partial charge in [0.1, 0.15) is 10.7 Å². The SMILES string of the molecule is COCCCOc1c(C)cccc1C(N)=S. The number of hydrogen-bond donors (Lipinski definition) is 1. The largest absolute Gasteiger partial charge is 0.492 e. The Balaban J connectivity index is 2.73. The van der Waals surface area contributed by atoms with Crippen molar-refractivity contribution in [3.63, 3.8) is 0 Å². The van der Waals surface area contributed by atoms with Crippen LogP contribution in [0.5, 0.6) is 5.75 Å². The summed E-state index contributed by atoms with van der Waals surface area (Å²) >= 11 is 4.98. The lowest BCUT2D eigenvalue weighted by Crippen LogP contribution is -2.13. The highest BCUT2D eigenvalue weighted by Gasteiger charge is 2.08. The third-order valence-electron chi connectivity index (χ3n) is 2.22. The number of aryl methyl sites for hydroxylation is 1. The van der Waals surface area contributed by atoms with Crippen molar-refractivity contribution in [1.29, 1.82) is 0 Å². The molecule has 0 aliphatic carbocycles. The number of benzene rings is 1. The molecule has 3 nitrogen and oxygen atoms in total. The molecule has 1 rings (SSSR count). The van der Waals surface area contributed by atoms with Gasteiger partial charge >= 0.3 is 0 Å². The Kier molecular flexibility index (Phi) is 5.22. The molecule has 2 N–H and O–H groups in total. The molecule has 0 heterocycles. The fraction of sp³-hybridized carbons (Fsp3) is 0.417. The van der Waals surface area contributed by atoms with Gasteiger partial charge < -0.3 is 15.2 Å². The van der Waals surface area contributed by atoms with Crippen molar-refractivity contribution in [2.45, 2.75) is 13.3 Å². The topological polar surface area (TPSA) is 44.5 Å². The average Bonchev–Trinajstić information content (AvgIpc) is 2.25. The van der Waals surface area contributed by atoms with Crippen LogP contribution >= 0.6 is 12.2 Å². The van der Waals surface area contributed by atoms with Gasteiger partial charge in [0.2, 0.25) is 0 Å². The zero-order valence-corrected chi connectivity index (χ0v) is 10.5. The van der Waals surface area contributed by atoms with Crippen molar-refractivity contribution in [3.8, 4) is 5.75 Å². The molecular weight excluding hydrogens is 222 g/mol. The van der Waals surface area contributed by atoms with Crippen LogP contribution in [0.4, 0.5) is 0 Å². The summed E-state index contributed by atoms with van der Waals surface area (Å²) in [5.41, 5.74) is 7.48. The third kappa shape index (κ3) is 3.47. The molecule has 0 fully saturated rings. The lowest BCUT2D eigenvalue weighted by Gasteiger charge is -2.13. The highest BCUT2D eigenvalue weighted by molar-refractivity contribution is 7.80. The summed E-state index contributed by atoms with van der Waals surface area (Å²) in [6.07, 6.45) is 0.849. The molecule has 0 aromatic heterocycles. The Labute approximate surface area is 102 Å². The monoisotopic (exact) mass is 239 g/mol. The number of ether oxygens (including phenoxy) is 2. The Hall–Kier alpha value is -1.13. The Morgan fingerprint density at radius 3 is 2.75 bits per heavy atom. The number of rotatable bonds is 6. The molecule has 0 aliphatic rings. The maximum Gasteiger partial charge on any atom is 0.132 e. The maximum atomic E-state index is 5.68. The summed E-state index contributed by atoms with van der Waals surface area (Å²) in [5.74, 6) is 0.783. The molecule has 1 aromatic rings. The van der Waals surface area contributed by atoms with Crippen LogP contribution in [0.25, 0.3) is 0 Å². The van der Waals surface area contributed by atoms with E-state index in [-0.39, 0.29) is 0 Å². The lowest BCUT2D eigenvalue weighted by molar-refractivity contribution is 0.172. The number of nitrogens with two attached hydrogens (primary N) is 1. The molecular formula is C12H17NO2S. The molecule has 0 saturated carbocycles. The summed E-state index contributed by atoms with van der Waals surface area (Å²) in [6.45, 7) is 3.27. The average molecular weight is 239 g/mol. The minimum atomic E-state index is 0.366. The van der Waals surface area contributed by atoms with Gasteiger partial charge in [0.05, 0.1) is 12.2 Å². The number of hydrogen-bond acceptors (Lipinski definition) is 3. The number of para-hydroxylation sites is 1. The predicted octanol–water partition coefficient (Wildman–Crippen LogP) is 2.04. The van der Waals surface area contributed by atoms with Gasteiger partial charge in [-0.05, 0) is 18.6 Å². The van der Waals surface area contributed by atoms with Crippen LogP contribution in [-0.2, 0) is 4.74 Å². The van der Waals surface area contributed by atoms with Crippen LogP contribution in [0.3, 0.4) is 0 Å². The van der Waals surface area contributed by atoms with Gasteiger partial charge in [-0.15, -0.1) is 0 Å². The molecule has 0 atom stereocenters. The second-order valence-corrected chi connectivity index (χ2v) is 3.95. The van der Waals surface area contributed by atoms with Gasteiger partial charge in [-0.1, -0.05) is 24.4 Å². The van der Waals surface area contributed by atoms with Crippen LogP contribution in [-0.4, -0.2) is 25.3 Å². The first kappa shape index (κ1) is 12.9. The van der Waals surface area contributed by atoms with Gasteiger partial charge in [-0.2, -0.15) is 0 Å². The van der Waals surface area contributed by atoms with E-state index in [0.29, 0.717) is 18.2 Å². The summed E-state index contributed by atoms with van der Waals surface area (Å²) in [4.78, 5) is 0.366. The van der Waals surface area contributed by atoms with Gasteiger partial charge in [0.25, 0.3) is 0 Å². The van der Waals surface area contributed by atoms with Crippen molar-refractivity contribution < 1.29 is 9.47 Å². The molecule has 0 amide bonds. The van der Waals surface area contributed by atoms with Crippen LogP contribution in [0.2, 0.25) is 0 Å². The molecule has 0 aliphatic heterocycles. The van der Waals surface area contributed by atoms with E-state index in [2.05, 4.69) is 0 Å². The molecule has 4 heteroatoms. The first-order chi connectivity index (χ1) is 7.66. The van der Waals surface area contributed by atoms with Gasteiger partial charge in [0.15, 0.2) is 0 Å². The van der Waals surface area contributed by atoms with Crippen molar-refractivity contribution in [2.75, 3.05) is 20.3 Å². The number of thiocarbonyl (C=S) groups is 1. The van der Waals surface area contributed by atoms with Crippen molar-refractivity contribution in [1.82, 2.24) is 0 Å². The molecule has 0 spiro atoms. The predicted molar refractivity (Wildman–Crippen MR) is 69.1 cm³/mol. The minimum Gasteiger partial charge on any atom is -0.492 e. The van der Waals surface area contributed by atoms with E-state index in [1.54, 1.807) is 7.11 Å². The first-order valence-electron chi connectivity index (χ1n) is 5.18. The van der Waals surface area contributed by atoms with Gasteiger partial charge in [-0.3, -0.25) is 0 Å².